The van der Waals surface area contributed by atoms with Gasteiger partial charge in [-0.15, -0.1) is 0 Å². The zero-order chi connectivity index (χ0) is 20.5. The highest BCUT2D eigenvalue weighted by Gasteiger charge is 2.20. The van der Waals surface area contributed by atoms with Gasteiger partial charge in [-0.05, 0) is 31.2 Å². The number of ketones is 1. The molecule has 7 heteroatoms. The van der Waals surface area contributed by atoms with Gasteiger partial charge in [0, 0.05) is 37.4 Å². The predicted octanol–water partition coefficient (Wildman–Crippen LogP) is 3.34. The van der Waals surface area contributed by atoms with Crippen LogP contribution in [0.2, 0.25) is 0 Å². The monoisotopic (exact) mass is 393 g/mol. The lowest BCUT2D eigenvalue weighted by molar-refractivity contribution is 0.103. The van der Waals surface area contributed by atoms with Crippen molar-refractivity contribution in [1.29, 1.82) is 5.26 Å². The lowest BCUT2D eigenvalue weighted by Gasteiger charge is -2.09. The standard InChI is InChI=1S/C21H19N3O3S/c1-15-4-8-19(9-5-15)28(26,27)24-11-10-16-6-7-17(12-20(16)24)21(25)18(13-22)14-23(2)3/h4-12,14H,1-3H3. The van der Waals surface area contributed by atoms with Gasteiger partial charge in [-0.2, -0.15) is 5.26 Å². The fourth-order valence-electron chi connectivity index (χ4n) is 2.83. The topological polar surface area (TPSA) is 83.2 Å². The van der Waals surface area contributed by atoms with Gasteiger partial charge in [0.15, 0.2) is 0 Å². The van der Waals surface area contributed by atoms with Crippen LogP contribution in [0.3, 0.4) is 0 Å². The van der Waals surface area contributed by atoms with Crippen LogP contribution in [-0.2, 0) is 10.0 Å². The van der Waals surface area contributed by atoms with Gasteiger partial charge < -0.3 is 4.90 Å². The molecule has 28 heavy (non-hydrogen) atoms. The third kappa shape index (κ3) is 3.55. The van der Waals surface area contributed by atoms with Crippen molar-refractivity contribution in [2.45, 2.75) is 11.8 Å². The summed E-state index contributed by atoms with van der Waals surface area (Å²) in [5.74, 6) is -0.460. The van der Waals surface area contributed by atoms with Crippen LogP contribution < -0.4 is 0 Å². The highest BCUT2D eigenvalue weighted by molar-refractivity contribution is 7.90. The molecular weight excluding hydrogens is 374 g/mol. The van der Waals surface area contributed by atoms with Crippen molar-refractivity contribution in [3.63, 3.8) is 0 Å². The van der Waals surface area contributed by atoms with E-state index in [9.17, 15) is 18.5 Å². The van der Waals surface area contributed by atoms with E-state index in [0.29, 0.717) is 10.9 Å². The fraction of sp³-hybridized carbons (Fsp3) is 0.143. The maximum absolute atomic E-state index is 13.0. The number of benzene rings is 2. The highest BCUT2D eigenvalue weighted by Crippen LogP contribution is 2.24. The summed E-state index contributed by atoms with van der Waals surface area (Å²) < 4.78 is 27.2. The molecule has 1 aromatic heterocycles. The number of aryl methyl sites for hydroxylation is 1. The summed E-state index contributed by atoms with van der Waals surface area (Å²) in [5.41, 5.74) is 1.57. The van der Waals surface area contributed by atoms with Crippen molar-refractivity contribution >= 4 is 26.7 Å². The predicted molar refractivity (Wildman–Crippen MR) is 107 cm³/mol. The summed E-state index contributed by atoms with van der Waals surface area (Å²) in [4.78, 5) is 14.4. The highest BCUT2D eigenvalue weighted by atomic mass is 32.2. The summed E-state index contributed by atoms with van der Waals surface area (Å²) in [6.07, 6.45) is 2.91. The minimum absolute atomic E-state index is 0.0242. The number of allylic oxidation sites excluding steroid dienone is 1. The number of aromatic nitrogens is 1. The number of nitrogens with zero attached hydrogens (tertiary/aromatic N) is 3. The molecule has 0 aliphatic heterocycles. The van der Waals surface area contributed by atoms with E-state index in [1.54, 1.807) is 61.5 Å². The van der Waals surface area contributed by atoms with E-state index in [1.807, 2.05) is 13.0 Å². The molecule has 0 spiro atoms. The van der Waals surface area contributed by atoms with Crippen LogP contribution in [0.15, 0.2) is 71.4 Å². The van der Waals surface area contributed by atoms with Crippen LogP contribution in [0.4, 0.5) is 0 Å². The van der Waals surface area contributed by atoms with Crippen LogP contribution in [0, 0.1) is 18.3 Å². The molecule has 0 N–H and O–H groups in total. The first-order valence-corrected chi connectivity index (χ1v) is 9.94. The van der Waals surface area contributed by atoms with Crippen LogP contribution in [-0.4, -0.2) is 37.2 Å². The first-order chi connectivity index (χ1) is 13.2. The fourth-order valence-corrected chi connectivity index (χ4v) is 4.18. The Morgan fingerprint density at radius 1 is 1.11 bits per heavy atom. The molecule has 142 valence electrons. The number of rotatable bonds is 5. The van der Waals surface area contributed by atoms with Gasteiger partial charge in [0.25, 0.3) is 10.0 Å². The molecule has 0 aliphatic rings. The van der Waals surface area contributed by atoms with E-state index < -0.39 is 15.8 Å². The molecule has 0 unspecified atom stereocenters. The van der Waals surface area contributed by atoms with Crippen molar-refractivity contribution < 1.29 is 13.2 Å². The molecule has 2 aromatic carbocycles. The van der Waals surface area contributed by atoms with E-state index in [1.165, 1.54) is 18.5 Å². The molecule has 0 amide bonds. The van der Waals surface area contributed by atoms with Crippen LogP contribution in [0.25, 0.3) is 10.9 Å². The zero-order valence-electron chi connectivity index (χ0n) is 15.7. The lowest BCUT2D eigenvalue weighted by atomic mass is 10.0. The smallest absolute Gasteiger partial charge is 0.268 e. The molecule has 0 bridgehead atoms. The molecule has 0 fully saturated rings. The second-order valence-corrected chi connectivity index (χ2v) is 8.47. The molecule has 1 heterocycles. The number of carbonyl (C=O) groups excluding carboxylic acids is 1. The summed E-state index contributed by atoms with van der Waals surface area (Å²) in [7, 11) is -0.378. The van der Waals surface area contributed by atoms with Crippen LogP contribution in [0.1, 0.15) is 15.9 Å². The van der Waals surface area contributed by atoms with Gasteiger partial charge in [-0.1, -0.05) is 29.8 Å². The molecule has 0 saturated heterocycles. The lowest BCUT2D eigenvalue weighted by Crippen LogP contribution is -2.12. The van der Waals surface area contributed by atoms with Gasteiger partial charge in [0.1, 0.15) is 11.6 Å². The summed E-state index contributed by atoms with van der Waals surface area (Å²) in [5, 5.41) is 9.95. The Kier molecular flexibility index (Phi) is 5.08. The summed E-state index contributed by atoms with van der Waals surface area (Å²) in [6, 6.07) is 14.9. The Morgan fingerprint density at radius 2 is 1.79 bits per heavy atom. The average molecular weight is 393 g/mol. The van der Waals surface area contributed by atoms with E-state index in [2.05, 4.69) is 0 Å². The van der Waals surface area contributed by atoms with Crippen molar-refractivity contribution in [2.75, 3.05) is 14.1 Å². The van der Waals surface area contributed by atoms with Crippen LogP contribution in [0.5, 0.6) is 0 Å². The molecule has 3 aromatic rings. The van der Waals surface area contributed by atoms with Gasteiger partial charge in [-0.25, -0.2) is 12.4 Å². The number of fused-ring (bicyclic) bond motifs is 1. The summed E-state index contributed by atoms with van der Waals surface area (Å²) >= 11 is 0. The SMILES string of the molecule is Cc1ccc(S(=O)(=O)n2ccc3ccc(C(=O)C(C#N)=CN(C)C)cc32)cc1. The Balaban J connectivity index is 2.12. The molecular formula is C21H19N3O3S. The second kappa shape index (κ2) is 7.33. The number of hydrogen-bond acceptors (Lipinski definition) is 5. The Morgan fingerprint density at radius 3 is 2.39 bits per heavy atom. The van der Waals surface area contributed by atoms with Gasteiger partial charge in [0.05, 0.1) is 10.4 Å². The molecule has 0 radical (unpaired) electrons. The molecule has 0 atom stereocenters. The Bertz CT molecular complexity index is 1230. The summed E-state index contributed by atoms with van der Waals surface area (Å²) in [6.45, 7) is 1.88. The maximum Gasteiger partial charge on any atom is 0.268 e. The number of Topliss-reactive ketones (excluding diaryl/α,β-unsaturated/α-hetero) is 1. The van der Waals surface area contributed by atoms with Gasteiger partial charge in [-0.3, -0.25) is 4.79 Å². The first kappa shape index (κ1) is 19.4. The minimum Gasteiger partial charge on any atom is -0.382 e. The Labute approximate surface area is 164 Å². The van der Waals surface area contributed by atoms with Crippen molar-refractivity contribution in [1.82, 2.24) is 8.87 Å². The van der Waals surface area contributed by atoms with Crippen molar-refractivity contribution in [2.24, 2.45) is 0 Å². The van der Waals surface area contributed by atoms with Gasteiger partial charge >= 0.3 is 0 Å². The maximum atomic E-state index is 13.0. The van der Waals surface area contributed by atoms with Crippen LogP contribution >= 0.6 is 0 Å². The molecule has 3 rings (SSSR count). The minimum atomic E-state index is -3.81. The number of nitriles is 1. The average Bonchev–Trinajstić information content (AvgIpc) is 3.09. The number of carbonyl (C=O) groups is 1. The molecule has 0 aliphatic carbocycles. The third-order valence-electron chi connectivity index (χ3n) is 4.25. The van der Waals surface area contributed by atoms with E-state index in [-0.39, 0.29) is 16.0 Å². The Hall–Kier alpha value is -3.37. The molecule has 6 nitrogen and oxygen atoms in total. The second-order valence-electron chi connectivity index (χ2n) is 6.65. The van der Waals surface area contributed by atoms with Crippen molar-refractivity contribution in [3.05, 3.63) is 77.6 Å². The number of hydrogen-bond donors (Lipinski definition) is 0. The van der Waals surface area contributed by atoms with E-state index in [4.69, 9.17) is 0 Å². The van der Waals surface area contributed by atoms with Gasteiger partial charge in [0.2, 0.25) is 5.78 Å². The molecule has 0 saturated carbocycles. The van der Waals surface area contributed by atoms with Crippen molar-refractivity contribution in [3.8, 4) is 6.07 Å². The van der Waals surface area contributed by atoms with E-state index >= 15 is 0 Å². The first-order valence-electron chi connectivity index (χ1n) is 8.50. The normalized spacial score (nSPS) is 12.0. The quantitative estimate of drug-likeness (QED) is 0.377. The zero-order valence-corrected chi connectivity index (χ0v) is 16.6. The third-order valence-corrected chi connectivity index (χ3v) is 5.95. The van der Waals surface area contributed by atoms with E-state index in [0.717, 1.165) is 9.54 Å². The largest absolute Gasteiger partial charge is 0.382 e.